The summed E-state index contributed by atoms with van der Waals surface area (Å²) in [5.41, 5.74) is 2.34. The zero-order valence-electron chi connectivity index (χ0n) is 21.4. The van der Waals surface area contributed by atoms with E-state index in [-0.39, 0.29) is 17.6 Å². The fourth-order valence-corrected chi connectivity index (χ4v) is 4.92. The van der Waals surface area contributed by atoms with Crippen LogP contribution in [-0.4, -0.2) is 69.2 Å². The number of H-pyrrole nitrogens is 1. The van der Waals surface area contributed by atoms with E-state index in [1.807, 2.05) is 30.3 Å². The molecule has 6 rings (SSSR count). The molecule has 3 heterocycles. The van der Waals surface area contributed by atoms with Crippen LogP contribution in [0.5, 0.6) is 0 Å². The molecule has 0 atom stereocenters. The molecule has 0 radical (unpaired) electrons. The van der Waals surface area contributed by atoms with Crippen LogP contribution in [0.25, 0.3) is 11.3 Å². The van der Waals surface area contributed by atoms with Gasteiger partial charge in [0.1, 0.15) is 5.82 Å². The second-order valence-corrected chi connectivity index (χ2v) is 10.8. The molecule has 10 nitrogen and oxygen atoms in total. The number of nitrogens with one attached hydrogen (secondary N) is 3. The van der Waals surface area contributed by atoms with Gasteiger partial charge in [-0.05, 0) is 85.7 Å². The van der Waals surface area contributed by atoms with Crippen molar-refractivity contribution in [2.24, 2.45) is 5.92 Å². The summed E-state index contributed by atoms with van der Waals surface area (Å²) in [5, 5.41) is 14.0. The fourth-order valence-electron chi connectivity index (χ4n) is 4.17. The summed E-state index contributed by atoms with van der Waals surface area (Å²) in [6.45, 7) is 3.48. The summed E-state index contributed by atoms with van der Waals surface area (Å²) in [6, 6.07) is 15.7. The van der Waals surface area contributed by atoms with Crippen LogP contribution < -0.4 is 15.5 Å². The molecule has 3 N–H and O–H groups in total. The van der Waals surface area contributed by atoms with E-state index >= 15 is 0 Å². The van der Waals surface area contributed by atoms with Gasteiger partial charge in [0.25, 0.3) is 0 Å². The first-order valence-corrected chi connectivity index (χ1v) is 13.7. The van der Waals surface area contributed by atoms with Gasteiger partial charge in [-0.2, -0.15) is 20.1 Å². The molecule has 1 saturated carbocycles. The Kier molecular flexibility index (Phi) is 7.12. The Balaban J connectivity index is 1.22. The standard InChI is InChI=1S/C27H28FN9OS/c1-36-12-14-37(15-13-36)26-31-25(30-23-16-22(34-35-23)17-4-6-19(28)7-5-17)32-27(33-26)39-21-10-8-20(9-11-21)29-24(38)18-2-3-18/h4-11,16,18H,2-3,12-15H2,1H3,(H,29,38)(H2,30,31,32,33,34,35). The van der Waals surface area contributed by atoms with Crippen LogP contribution in [0.1, 0.15) is 12.8 Å². The Bertz CT molecular complexity index is 1450. The van der Waals surface area contributed by atoms with Gasteiger partial charge in [0.05, 0.1) is 5.69 Å². The average Bonchev–Trinajstić information content (AvgIpc) is 3.70. The highest BCUT2D eigenvalue weighted by atomic mass is 32.2. The van der Waals surface area contributed by atoms with Gasteiger partial charge < -0.3 is 20.4 Å². The number of halogens is 1. The van der Waals surface area contributed by atoms with Crippen LogP contribution in [0.4, 0.5) is 27.8 Å². The topological polar surface area (TPSA) is 115 Å². The Labute approximate surface area is 229 Å². The van der Waals surface area contributed by atoms with Crippen molar-refractivity contribution in [2.75, 3.05) is 48.8 Å². The number of hydrogen-bond donors (Lipinski definition) is 3. The summed E-state index contributed by atoms with van der Waals surface area (Å²) in [5.74, 6) is 1.47. The van der Waals surface area contributed by atoms with Gasteiger partial charge in [-0.15, -0.1) is 0 Å². The van der Waals surface area contributed by atoms with E-state index < -0.39 is 0 Å². The van der Waals surface area contributed by atoms with Crippen LogP contribution in [0.3, 0.4) is 0 Å². The maximum absolute atomic E-state index is 13.3. The Morgan fingerprint density at radius 3 is 2.46 bits per heavy atom. The molecule has 39 heavy (non-hydrogen) atoms. The van der Waals surface area contributed by atoms with Crippen LogP contribution in [0.2, 0.25) is 0 Å². The van der Waals surface area contributed by atoms with E-state index in [0.717, 1.165) is 60.9 Å². The second-order valence-electron chi connectivity index (χ2n) is 9.72. The predicted molar refractivity (Wildman–Crippen MR) is 149 cm³/mol. The molecular formula is C27H28FN9OS. The monoisotopic (exact) mass is 545 g/mol. The molecule has 2 aromatic heterocycles. The highest BCUT2D eigenvalue weighted by Crippen LogP contribution is 2.32. The number of benzene rings is 2. The number of amides is 1. The van der Waals surface area contributed by atoms with E-state index in [1.54, 1.807) is 12.1 Å². The first-order chi connectivity index (χ1) is 19.0. The maximum atomic E-state index is 13.3. The normalized spacial score (nSPS) is 15.8. The first kappa shape index (κ1) is 25.3. The number of aromatic nitrogens is 5. The lowest BCUT2D eigenvalue weighted by Crippen LogP contribution is -2.45. The molecule has 2 aromatic carbocycles. The third kappa shape index (κ3) is 6.35. The van der Waals surface area contributed by atoms with Crippen molar-refractivity contribution in [2.45, 2.75) is 22.9 Å². The van der Waals surface area contributed by atoms with Crippen LogP contribution in [0.15, 0.2) is 64.6 Å². The minimum absolute atomic E-state index is 0.0846. The van der Waals surface area contributed by atoms with Crippen molar-refractivity contribution in [1.82, 2.24) is 30.0 Å². The van der Waals surface area contributed by atoms with Gasteiger partial charge in [-0.1, -0.05) is 0 Å². The molecule has 0 unspecified atom stereocenters. The van der Waals surface area contributed by atoms with Gasteiger partial charge in [0, 0.05) is 48.7 Å². The molecule has 1 amide bonds. The zero-order chi connectivity index (χ0) is 26.8. The highest BCUT2D eigenvalue weighted by molar-refractivity contribution is 7.99. The third-order valence-electron chi connectivity index (χ3n) is 6.64. The number of aromatic amines is 1. The Morgan fingerprint density at radius 1 is 1.00 bits per heavy atom. The number of carbonyl (C=O) groups is 1. The van der Waals surface area contributed by atoms with Gasteiger partial charge >= 0.3 is 0 Å². The summed E-state index contributed by atoms with van der Waals surface area (Å²) in [6.07, 6.45) is 1.94. The molecule has 0 bridgehead atoms. The third-order valence-corrected chi connectivity index (χ3v) is 7.51. The van der Waals surface area contributed by atoms with Crippen molar-refractivity contribution < 1.29 is 9.18 Å². The van der Waals surface area contributed by atoms with Gasteiger partial charge in [-0.3, -0.25) is 9.89 Å². The predicted octanol–water partition coefficient (Wildman–Crippen LogP) is 4.40. The van der Waals surface area contributed by atoms with Crippen molar-refractivity contribution in [3.8, 4) is 11.3 Å². The Hall–Kier alpha value is -4.03. The lowest BCUT2D eigenvalue weighted by Gasteiger charge is -2.32. The summed E-state index contributed by atoms with van der Waals surface area (Å²) < 4.78 is 13.3. The van der Waals surface area contributed by atoms with E-state index in [1.165, 1.54) is 23.9 Å². The molecule has 1 aliphatic carbocycles. The molecule has 2 fully saturated rings. The SMILES string of the molecule is CN1CCN(c2nc(Nc3cc(-c4ccc(F)cc4)[nH]n3)nc(Sc3ccc(NC(=O)C4CC4)cc3)n2)CC1. The number of nitrogens with zero attached hydrogens (tertiary/aromatic N) is 6. The summed E-state index contributed by atoms with van der Waals surface area (Å²) >= 11 is 1.42. The van der Waals surface area contributed by atoms with Crippen LogP contribution in [0, 0.1) is 11.7 Å². The molecule has 0 spiro atoms. The molecule has 1 saturated heterocycles. The molecule has 2 aliphatic rings. The number of likely N-dealkylation sites (N-methyl/N-ethyl adjacent to an activating group) is 1. The van der Waals surface area contributed by atoms with Crippen molar-refractivity contribution in [1.29, 1.82) is 0 Å². The number of hydrogen-bond acceptors (Lipinski definition) is 9. The van der Waals surface area contributed by atoms with Crippen molar-refractivity contribution >= 4 is 41.1 Å². The number of rotatable bonds is 8. The molecule has 4 aromatic rings. The zero-order valence-corrected chi connectivity index (χ0v) is 22.2. The van der Waals surface area contributed by atoms with Gasteiger partial charge in [-0.25, -0.2) is 4.39 Å². The minimum Gasteiger partial charge on any atom is -0.338 e. The molecule has 12 heteroatoms. The first-order valence-electron chi connectivity index (χ1n) is 12.9. The van der Waals surface area contributed by atoms with Gasteiger partial charge in [0.2, 0.25) is 17.8 Å². The molecular weight excluding hydrogens is 517 g/mol. The highest BCUT2D eigenvalue weighted by Gasteiger charge is 2.29. The smallest absolute Gasteiger partial charge is 0.234 e. The quantitative estimate of drug-likeness (QED) is 0.296. The lowest BCUT2D eigenvalue weighted by molar-refractivity contribution is -0.117. The largest absolute Gasteiger partial charge is 0.338 e. The van der Waals surface area contributed by atoms with Gasteiger partial charge in [0.15, 0.2) is 11.0 Å². The van der Waals surface area contributed by atoms with E-state index in [9.17, 15) is 9.18 Å². The number of anilines is 4. The summed E-state index contributed by atoms with van der Waals surface area (Å²) in [4.78, 5) is 31.5. The fraction of sp³-hybridized carbons (Fsp3) is 0.296. The summed E-state index contributed by atoms with van der Waals surface area (Å²) in [7, 11) is 2.10. The second kappa shape index (κ2) is 11.0. The molecule has 200 valence electrons. The number of piperazine rings is 1. The van der Waals surface area contributed by atoms with Crippen LogP contribution in [-0.2, 0) is 4.79 Å². The van der Waals surface area contributed by atoms with E-state index in [4.69, 9.17) is 9.97 Å². The van der Waals surface area contributed by atoms with E-state index in [0.29, 0.717) is 22.9 Å². The molecule has 1 aliphatic heterocycles. The van der Waals surface area contributed by atoms with Crippen molar-refractivity contribution in [3.63, 3.8) is 0 Å². The van der Waals surface area contributed by atoms with Crippen LogP contribution >= 0.6 is 11.8 Å². The minimum atomic E-state index is -0.291. The maximum Gasteiger partial charge on any atom is 0.234 e. The lowest BCUT2D eigenvalue weighted by atomic mass is 10.1. The Morgan fingerprint density at radius 2 is 1.74 bits per heavy atom. The van der Waals surface area contributed by atoms with E-state index in [2.05, 4.69) is 42.7 Å². The number of carbonyl (C=O) groups excluding carboxylic acids is 1. The average molecular weight is 546 g/mol. The van der Waals surface area contributed by atoms with Crippen molar-refractivity contribution in [3.05, 3.63) is 60.4 Å².